The summed E-state index contributed by atoms with van der Waals surface area (Å²) in [6.45, 7) is 12.9. The molecule has 0 saturated carbocycles. The molecule has 0 unspecified atom stereocenters. The number of hydrogen-bond donors (Lipinski definition) is 1. The van der Waals surface area contributed by atoms with Gasteiger partial charge in [-0.15, -0.1) is 0 Å². The zero-order valence-corrected chi connectivity index (χ0v) is 13.3. The van der Waals surface area contributed by atoms with Gasteiger partial charge in [0.2, 0.25) is 0 Å². The molecule has 1 aromatic heterocycles. The zero-order chi connectivity index (χ0) is 14.7. The summed E-state index contributed by atoms with van der Waals surface area (Å²) in [6, 6.07) is 11.4. The second-order valence-corrected chi connectivity index (χ2v) is 5.66. The van der Waals surface area contributed by atoms with Crippen LogP contribution in [0.2, 0.25) is 0 Å². The lowest BCUT2D eigenvalue weighted by atomic mass is 10.1. The summed E-state index contributed by atoms with van der Waals surface area (Å²) in [6.07, 6.45) is 0. The Morgan fingerprint density at radius 2 is 1.90 bits per heavy atom. The van der Waals surface area contributed by atoms with E-state index in [-0.39, 0.29) is 0 Å². The number of aromatic nitrogens is 1. The number of rotatable bonds is 5. The van der Waals surface area contributed by atoms with E-state index >= 15 is 0 Å². The van der Waals surface area contributed by atoms with Gasteiger partial charge in [-0.25, -0.2) is 0 Å². The number of hydrogen-bond acceptors (Lipinski definition) is 1. The first kappa shape index (κ1) is 14.9. The molecule has 1 heterocycles. The van der Waals surface area contributed by atoms with Gasteiger partial charge in [0.15, 0.2) is 0 Å². The van der Waals surface area contributed by atoms with E-state index in [2.05, 4.69) is 74.8 Å². The zero-order valence-electron chi connectivity index (χ0n) is 13.3. The van der Waals surface area contributed by atoms with Crippen molar-refractivity contribution in [3.8, 4) is 0 Å². The Kier molecular flexibility index (Phi) is 4.66. The number of benzene rings is 1. The summed E-state index contributed by atoms with van der Waals surface area (Å²) in [7, 11) is 0. The lowest BCUT2D eigenvalue weighted by molar-refractivity contribution is 0.571. The first-order valence-corrected chi connectivity index (χ1v) is 7.48. The van der Waals surface area contributed by atoms with Crippen molar-refractivity contribution >= 4 is 0 Å². The van der Waals surface area contributed by atoms with Gasteiger partial charge >= 0.3 is 0 Å². The minimum atomic E-state index is 0.375. The topological polar surface area (TPSA) is 17.0 Å². The van der Waals surface area contributed by atoms with Gasteiger partial charge in [0, 0.05) is 30.5 Å². The summed E-state index contributed by atoms with van der Waals surface area (Å²) in [5.41, 5.74) is 6.82. The van der Waals surface area contributed by atoms with Crippen molar-refractivity contribution in [3.05, 3.63) is 58.4 Å². The van der Waals surface area contributed by atoms with Gasteiger partial charge in [-0.05, 0) is 51.8 Å². The van der Waals surface area contributed by atoms with Crippen molar-refractivity contribution in [1.82, 2.24) is 9.88 Å². The van der Waals surface area contributed by atoms with E-state index in [0.29, 0.717) is 6.04 Å². The van der Waals surface area contributed by atoms with Crippen LogP contribution in [0, 0.1) is 20.8 Å². The monoisotopic (exact) mass is 270 g/mol. The Labute approximate surface area is 122 Å². The summed E-state index contributed by atoms with van der Waals surface area (Å²) < 4.78 is 2.37. The number of aryl methyl sites for hydroxylation is 2. The molecule has 0 saturated heterocycles. The molecule has 108 valence electrons. The minimum Gasteiger partial charge on any atom is -0.349 e. The average molecular weight is 270 g/mol. The van der Waals surface area contributed by atoms with E-state index in [1.165, 1.54) is 28.1 Å². The normalized spacial score (nSPS) is 12.7. The number of nitrogens with zero attached hydrogens (tertiary/aromatic N) is 1. The molecule has 2 nitrogen and oxygen atoms in total. The predicted octanol–water partition coefficient (Wildman–Crippen LogP) is 4.28. The standard InChI is InChI=1S/C18H26N2/c1-6-20-14(3)11-18(16(20)5)12-19-15(4)17-9-7-8-13(2)10-17/h7-11,15,19H,6,12H2,1-5H3/t15-/m0/s1. The van der Waals surface area contributed by atoms with Crippen LogP contribution in [0.3, 0.4) is 0 Å². The Morgan fingerprint density at radius 1 is 1.15 bits per heavy atom. The molecule has 1 N–H and O–H groups in total. The second-order valence-electron chi connectivity index (χ2n) is 5.66. The van der Waals surface area contributed by atoms with Crippen LogP contribution < -0.4 is 5.32 Å². The lowest BCUT2D eigenvalue weighted by Gasteiger charge is -2.15. The second kappa shape index (κ2) is 6.27. The quantitative estimate of drug-likeness (QED) is 0.858. The molecule has 0 bridgehead atoms. The van der Waals surface area contributed by atoms with Crippen LogP contribution >= 0.6 is 0 Å². The van der Waals surface area contributed by atoms with Crippen LogP contribution in [-0.2, 0) is 13.1 Å². The Bertz CT molecular complexity index is 581. The maximum absolute atomic E-state index is 3.63. The maximum atomic E-state index is 3.63. The van der Waals surface area contributed by atoms with Crippen molar-refractivity contribution < 1.29 is 0 Å². The Hall–Kier alpha value is -1.54. The largest absolute Gasteiger partial charge is 0.349 e. The predicted molar refractivity (Wildman–Crippen MR) is 86.0 cm³/mol. The molecule has 1 aromatic carbocycles. The van der Waals surface area contributed by atoms with Gasteiger partial charge in [0.1, 0.15) is 0 Å². The summed E-state index contributed by atoms with van der Waals surface area (Å²) in [4.78, 5) is 0. The summed E-state index contributed by atoms with van der Waals surface area (Å²) >= 11 is 0. The van der Waals surface area contributed by atoms with Crippen LogP contribution in [0.15, 0.2) is 30.3 Å². The van der Waals surface area contributed by atoms with Crippen molar-refractivity contribution in [2.45, 2.75) is 53.8 Å². The smallest absolute Gasteiger partial charge is 0.0295 e. The van der Waals surface area contributed by atoms with Crippen LogP contribution in [0.4, 0.5) is 0 Å². The van der Waals surface area contributed by atoms with Crippen molar-refractivity contribution in [1.29, 1.82) is 0 Å². The minimum absolute atomic E-state index is 0.375. The van der Waals surface area contributed by atoms with Gasteiger partial charge in [-0.3, -0.25) is 0 Å². The van der Waals surface area contributed by atoms with Crippen molar-refractivity contribution in [2.24, 2.45) is 0 Å². The Balaban J connectivity index is 2.05. The van der Waals surface area contributed by atoms with E-state index in [9.17, 15) is 0 Å². The van der Waals surface area contributed by atoms with Gasteiger partial charge in [0.05, 0.1) is 0 Å². The lowest BCUT2D eigenvalue weighted by Crippen LogP contribution is -2.18. The van der Waals surface area contributed by atoms with E-state index in [1.807, 2.05) is 0 Å². The Morgan fingerprint density at radius 3 is 2.50 bits per heavy atom. The molecule has 2 rings (SSSR count). The molecule has 2 heteroatoms. The molecule has 0 radical (unpaired) electrons. The van der Waals surface area contributed by atoms with Crippen molar-refractivity contribution in [2.75, 3.05) is 0 Å². The van der Waals surface area contributed by atoms with Crippen molar-refractivity contribution in [3.63, 3.8) is 0 Å². The van der Waals surface area contributed by atoms with Gasteiger partial charge in [-0.1, -0.05) is 29.8 Å². The van der Waals surface area contributed by atoms with Gasteiger partial charge < -0.3 is 9.88 Å². The number of nitrogens with one attached hydrogen (secondary N) is 1. The fraction of sp³-hybridized carbons (Fsp3) is 0.444. The fourth-order valence-electron chi connectivity index (χ4n) is 2.86. The summed E-state index contributed by atoms with van der Waals surface area (Å²) in [5.74, 6) is 0. The molecule has 0 aliphatic rings. The molecule has 2 aromatic rings. The average Bonchev–Trinajstić information content (AvgIpc) is 2.70. The molecule has 0 spiro atoms. The third kappa shape index (κ3) is 3.13. The molecule has 20 heavy (non-hydrogen) atoms. The van der Waals surface area contributed by atoms with Crippen LogP contribution in [0.25, 0.3) is 0 Å². The molecule has 0 fully saturated rings. The highest BCUT2D eigenvalue weighted by Crippen LogP contribution is 2.18. The van der Waals surface area contributed by atoms with Crippen LogP contribution in [0.1, 0.15) is 48.0 Å². The molecule has 0 aliphatic carbocycles. The van der Waals surface area contributed by atoms with Gasteiger partial charge in [-0.2, -0.15) is 0 Å². The third-order valence-corrected chi connectivity index (χ3v) is 4.14. The maximum Gasteiger partial charge on any atom is 0.0295 e. The fourth-order valence-corrected chi connectivity index (χ4v) is 2.86. The van der Waals surface area contributed by atoms with E-state index in [1.54, 1.807) is 0 Å². The highest BCUT2D eigenvalue weighted by molar-refractivity contribution is 5.28. The van der Waals surface area contributed by atoms with E-state index in [4.69, 9.17) is 0 Å². The highest BCUT2D eigenvalue weighted by Gasteiger charge is 2.10. The SMILES string of the molecule is CCn1c(C)cc(CN[C@@H](C)c2cccc(C)c2)c1C. The third-order valence-electron chi connectivity index (χ3n) is 4.14. The molecule has 0 amide bonds. The van der Waals surface area contributed by atoms with Crippen LogP contribution in [-0.4, -0.2) is 4.57 Å². The molecular formula is C18H26N2. The van der Waals surface area contributed by atoms with E-state index in [0.717, 1.165) is 13.1 Å². The highest BCUT2D eigenvalue weighted by atomic mass is 15.0. The van der Waals surface area contributed by atoms with Gasteiger partial charge in [0.25, 0.3) is 0 Å². The first-order chi connectivity index (χ1) is 9.52. The molecule has 0 aliphatic heterocycles. The molecule has 1 atom stereocenters. The molecular weight excluding hydrogens is 244 g/mol. The van der Waals surface area contributed by atoms with Crippen LogP contribution in [0.5, 0.6) is 0 Å². The first-order valence-electron chi connectivity index (χ1n) is 7.48. The summed E-state index contributed by atoms with van der Waals surface area (Å²) in [5, 5.41) is 3.63. The van der Waals surface area contributed by atoms with E-state index < -0.39 is 0 Å².